The molecule has 0 aromatic heterocycles. The lowest BCUT2D eigenvalue weighted by atomic mass is 10.0. The molecule has 1 aromatic carbocycles. The molecule has 0 saturated heterocycles. The summed E-state index contributed by atoms with van der Waals surface area (Å²) < 4.78 is 51.0. The van der Waals surface area contributed by atoms with E-state index in [1.807, 2.05) is 0 Å². The summed E-state index contributed by atoms with van der Waals surface area (Å²) in [4.78, 5) is 0. The van der Waals surface area contributed by atoms with Crippen molar-refractivity contribution in [2.24, 2.45) is 5.73 Å². The van der Waals surface area contributed by atoms with E-state index in [0.717, 1.165) is 0 Å². The van der Waals surface area contributed by atoms with Crippen LogP contribution in [0.15, 0.2) is 24.8 Å². The van der Waals surface area contributed by atoms with Gasteiger partial charge in [-0.25, -0.2) is 4.39 Å². The van der Waals surface area contributed by atoms with E-state index in [9.17, 15) is 17.6 Å². The summed E-state index contributed by atoms with van der Waals surface area (Å²) in [6, 6.07) is 0.323. The molecular formula is C11H11Cl2F4N. The molecule has 1 nitrogen and oxygen atoms in total. The molecule has 0 aliphatic rings. The van der Waals surface area contributed by atoms with Gasteiger partial charge >= 0.3 is 6.18 Å². The van der Waals surface area contributed by atoms with Crippen LogP contribution in [0.2, 0.25) is 5.02 Å². The molecule has 0 radical (unpaired) electrons. The lowest BCUT2D eigenvalue weighted by molar-refractivity contribution is -0.137. The van der Waals surface area contributed by atoms with Gasteiger partial charge in [0.2, 0.25) is 0 Å². The Labute approximate surface area is 113 Å². The van der Waals surface area contributed by atoms with Gasteiger partial charge in [0.05, 0.1) is 10.6 Å². The maximum atomic E-state index is 13.5. The SMILES string of the molecule is C=CC[C@H](N)c1cc(C(F)(F)F)cc(Cl)c1F.Cl. The minimum atomic E-state index is -4.58. The molecule has 0 spiro atoms. The number of nitrogens with two attached hydrogens (primary N) is 1. The Hall–Kier alpha value is -0.780. The summed E-state index contributed by atoms with van der Waals surface area (Å²) in [6.45, 7) is 3.39. The fourth-order valence-electron chi connectivity index (χ4n) is 1.35. The highest BCUT2D eigenvalue weighted by Crippen LogP contribution is 2.35. The Kier molecular flexibility index (Phi) is 6.13. The van der Waals surface area contributed by atoms with Gasteiger partial charge in [0.1, 0.15) is 5.82 Å². The summed E-state index contributed by atoms with van der Waals surface area (Å²) >= 11 is 5.41. The highest BCUT2D eigenvalue weighted by atomic mass is 35.5. The number of halogens is 6. The second kappa shape index (κ2) is 6.41. The zero-order valence-corrected chi connectivity index (χ0v) is 10.7. The third kappa shape index (κ3) is 3.86. The van der Waals surface area contributed by atoms with Crippen LogP contribution in [0.5, 0.6) is 0 Å². The van der Waals surface area contributed by atoms with Gasteiger partial charge < -0.3 is 5.73 Å². The van der Waals surface area contributed by atoms with Crippen molar-refractivity contribution in [3.05, 3.63) is 46.8 Å². The molecule has 7 heteroatoms. The molecule has 0 aliphatic carbocycles. The summed E-state index contributed by atoms with van der Waals surface area (Å²) in [5, 5.41) is -0.589. The molecule has 0 saturated carbocycles. The first-order chi connectivity index (χ1) is 7.77. The molecule has 0 unspecified atom stereocenters. The van der Waals surface area contributed by atoms with Crippen LogP contribution in [0.1, 0.15) is 23.6 Å². The first-order valence-electron chi connectivity index (χ1n) is 4.70. The monoisotopic (exact) mass is 303 g/mol. The van der Waals surface area contributed by atoms with Crippen LogP contribution in [0.3, 0.4) is 0 Å². The van der Waals surface area contributed by atoms with E-state index in [-0.39, 0.29) is 24.4 Å². The molecule has 2 N–H and O–H groups in total. The van der Waals surface area contributed by atoms with E-state index in [1.54, 1.807) is 0 Å². The summed E-state index contributed by atoms with van der Waals surface area (Å²) in [6.07, 6.45) is -3.02. The molecule has 0 bridgehead atoms. The van der Waals surface area contributed by atoms with Crippen molar-refractivity contribution in [3.63, 3.8) is 0 Å². The summed E-state index contributed by atoms with van der Waals surface area (Å²) in [7, 11) is 0. The van der Waals surface area contributed by atoms with Crippen LogP contribution >= 0.6 is 24.0 Å². The van der Waals surface area contributed by atoms with Crippen LogP contribution in [-0.4, -0.2) is 0 Å². The van der Waals surface area contributed by atoms with Gasteiger partial charge in [-0.3, -0.25) is 0 Å². The van der Waals surface area contributed by atoms with Gasteiger partial charge in [-0.2, -0.15) is 13.2 Å². The van der Waals surface area contributed by atoms with Crippen molar-refractivity contribution in [1.82, 2.24) is 0 Å². The van der Waals surface area contributed by atoms with E-state index in [1.165, 1.54) is 6.08 Å². The van der Waals surface area contributed by atoms with Crippen LogP contribution in [0.4, 0.5) is 17.6 Å². The minimum absolute atomic E-state index is 0. The van der Waals surface area contributed by atoms with Crippen molar-refractivity contribution < 1.29 is 17.6 Å². The zero-order chi connectivity index (χ0) is 13.2. The predicted octanol–water partition coefficient (Wildman–Crippen LogP) is 4.50. The van der Waals surface area contributed by atoms with Crippen LogP contribution in [-0.2, 0) is 6.18 Å². The van der Waals surface area contributed by atoms with Crippen molar-refractivity contribution in [1.29, 1.82) is 0 Å². The fraction of sp³-hybridized carbons (Fsp3) is 0.273. The van der Waals surface area contributed by atoms with E-state index in [2.05, 4.69) is 6.58 Å². The second-order valence-corrected chi connectivity index (χ2v) is 3.90. The normalized spacial score (nSPS) is 12.8. The molecule has 102 valence electrons. The maximum Gasteiger partial charge on any atom is 0.416 e. The molecule has 1 aromatic rings. The van der Waals surface area contributed by atoms with Crippen LogP contribution in [0.25, 0.3) is 0 Å². The molecule has 0 heterocycles. The van der Waals surface area contributed by atoms with Gasteiger partial charge in [-0.1, -0.05) is 17.7 Å². The van der Waals surface area contributed by atoms with Crippen LogP contribution < -0.4 is 5.73 Å². The Morgan fingerprint density at radius 1 is 1.39 bits per heavy atom. The Balaban J connectivity index is 0.00000289. The number of hydrogen-bond donors (Lipinski definition) is 1. The first kappa shape index (κ1) is 17.2. The molecule has 1 atom stereocenters. The highest BCUT2D eigenvalue weighted by Gasteiger charge is 2.32. The van der Waals surface area contributed by atoms with Gasteiger partial charge in [0, 0.05) is 11.6 Å². The van der Waals surface area contributed by atoms with Crippen LogP contribution in [0, 0.1) is 5.82 Å². The Morgan fingerprint density at radius 2 is 1.94 bits per heavy atom. The van der Waals surface area contributed by atoms with Gasteiger partial charge in [-0.05, 0) is 18.6 Å². The lowest BCUT2D eigenvalue weighted by Gasteiger charge is -2.15. The average Bonchev–Trinajstić information content (AvgIpc) is 2.20. The minimum Gasteiger partial charge on any atom is -0.324 e. The number of alkyl halides is 3. The topological polar surface area (TPSA) is 26.0 Å². The van der Waals surface area contributed by atoms with Crippen molar-refractivity contribution in [2.75, 3.05) is 0 Å². The quantitative estimate of drug-likeness (QED) is 0.646. The molecular weight excluding hydrogens is 293 g/mol. The molecule has 0 amide bonds. The fourth-order valence-corrected chi connectivity index (χ4v) is 1.58. The predicted molar refractivity (Wildman–Crippen MR) is 65.4 cm³/mol. The van der Waals surface area contributed by atoms with E-state index in [0.29, 0.717) is 12.1 Å². The summed E-state index contributed by atoms with van der Waals surface area (Å²) in [5.74, 6) is -0.922. The van der Waals surface area contributed by atoms with Crippen molar-refractivity contribution in [3.8, 4) is 0 Å². The first-order valence-corrected chi connectivity index (χ1v) is 5.07. The standard InChI is InChI=1S/C11H10ClF4N.ClH/c1-2-3-9(17)7-4-6(11(14,15)16)5-8(12)10(7)13;/h2,4-5,9H,1,3,17H2;1H/t9-;/m0./s1. The zero-order valence-electron chi connectivity index (χ0n) is 9.10. The summed E-state index contributed by atoms with van der Waals surface area (Å²) in [5.41, 5.74) is 4.28. The third-order valence-corrected chi connectivity index (χ3v) is 2.48. The number of hydrogen-bond acceptors (Lipinski definition) is 1. The molecule has 18 heavy (non-hydrogen) atoms. The Morgan fingerprint density at radius 3 is 2.39 bits per heavy atom. The number of rotatable bonds is 3. The van der Waals surface area contributed by atoms with Gasteiger partial charge in [0.15, 0.2) is 0 Å². The molecule has 0 aliphatic heterocycles. The lowest BCUT2D eigenvalue weighted by Crippen LogP contribution is -2.14. The second-order valence-electron chi connectivity index (χ2n) is 3.49. The average molecular weight is 304 g/mol. The number of benzene rings is 1. The molecule has 1 rings (SSSR count). The molecule has 0 fully saturated rings. The third-order valence-electron chi connectivity index (χ3n) is 2.20. The van der Waals surface area contributed by atoms with Crippen molar-refractivity contribution in [2.45, 2.75) is 18.6 Å². The Bertz CT molecular complexity index is 432. The maximum absolute atomic E-state index is 13.5. The van der Waals surface area contributed by atoms with Gasteiger partial charge in [-0.15, -0.1) is 19.0 Å². The van der Waals surface area contributed by atoms with E-state index < -0.39 is 28.6 Å². The smallest absolute Gasteiger partial charge is 0.324 e. The van der Waals surface area contributed by atoms with Crippen molar-refractivity contribution >= 4 is 24.0 Å². The van der Waals surface area contributed by atoms with E-state index >= 15 is 0 Å². The largest absolute Gasteiger partial charge is 0.416 e. The van der Waals surface area contributed by atoms with Gasteiger partial charge in [0.25, 0.3) is 0 Å². The van der Waals surface area contributed by atoms with E-state index in [4.69, 9.17) is 17.3 Å². The highest BCUT2D eigenvalue weighted by molar-refractivity contribution is 6.30.